The maximum Gasteiger partial charge on any atom is 0.358 e. The van der Waals surface area contributed by atoms with Crippen molar-refractivity contribution in [3.8, 4) is 0 Å². The predicted octanol–water partition coefficient (Wildman–Crippen LogP) is 1.55. The monoisotopic (exact) mass is 330 g/mol. The molecule has 0 spiro atoms. The molecule has 9 heteroatoms. The highest BCUT2D eigenvalue weighted by Gasteiger charge is 2.26. The van der Waals surface area contributed by atoms with Crippen LogP contribution < -0.4 is 4.72 Å². The summed E-state index contributed by atoms with van der Waals surface area (Å²) in [5.74, 6) is -1.29. The number of sulfonamides is 1. The van der Waals surface area contributed by atoms with Gasteiger partial charge in [0.05, 0.1) is 12.6 Å². The molecule has 2 aromatic rings. The van der Waals surface area contributed by atoms with E-state index in [1.807, 2.05) is 0 Å². The van der Waals surface area contributed by atoms with Gasteiger partial charge >= 0.3 is 5.97 Å². The fourth-order valence-corrected chi connectivity index (χ4v) is 3.74. The van der Waals surface area contributed by atoms with Crippen molar-refractivity contribution in [3.05, 3.63) is 46.9 Å². The number of nitrogens with one attached hydrogen (secondary N) is 1. The number of benzene rings is 1. The van der Waals surface area contributed by atoms with E-state index in [1.165, 1.54) is 23.7 Å². The van der Waals surface area contributed by atoms with Crippen molar-refractivity contribution in [3.63, 3.8) is 0 Å². The highest BCUT2D eigenvalue weighted by molar-refractivity contribution is 7.91. The highest BCUT2D eigenvalue weighted by atomic mass is 32.2. The first-order valence-electron chi connectivity index (χ1n) is 5.70. The third-order valence-electron chi connectivity index (χ3n) is 2.51. The summed E-state index contributed by atoms with van der Waals surface area (Å²) in [5.41, 5.74) is 1.43. The second-order valence-corrected chi connectivity index (χ2v) is 6.75. The van der Waals surface area contributed by atoms with Gasteiger partial charge in [0.15, 0.2) is 9.90 Å². The van der Waals surface area contributed by atoms with E-state index in [1.54, 1.807) is 6.07 Å². The van der Waals surface area contributed by atoms with Gasteiger partial charge in [-0.3, -0.25) is 0 Å². The molecular weight excluding hydrogens is 319 g/mol. The van der Waals surface area contributed by atoms with Crippen LogP contribution in [0.5, 0.6) is 0 Å². The first-order chi connectivity index (χ1) is 9.94. The Kier molecular flexibility index (Phi) is 4.66. The molecule has 2 rings (SSSR count). The van der Waals surface area contributed by atoms with Gasteiger partial charge in [-0.1, -0.05) is 12.1 Å². The number of rotatable bonds is 5. The summed E-state index contributed by atoms with van der Waals surface area (Å²) >= 11 is 0.802. The number of hydrogen-bond acceptors (Lipinski definition) is 6. The Bertz CT molecular complexity index is 758. The van der Waals surface area contributed by atoms with Crippen molar-refractivity contribution in [2.45, 2.75) is 10.8 Å². The molecule has 0 amide bonds. The lowest BCUT2D eigenvalue weighted by molar-refractivity contribution is 0.0590. The molecule has 0 atom stereocenters. The lowest BCUT2D eigenvalue weighted by Gasteiger charge is -2.06. The average molecular weight is 330 g/mol. The molecule has 0 saturated carbocycles. The summed E-state index contributed by atoms with van der Waals surface area (Å²) in [4.78, 5) is 15.1. The molecule has 1 aromatic carbocycles. The highest BCUT2D eigenvalue weighted by Crippen LogP contribution is 2.20. The average Bonchev–Trinajstić information content (AvgIpc) is 2.95. The molecule has 0 aliphatic rings. The first-order valence-corrected chi connectivity index (χ1v) is 8.06. The third-order valence-corrected chi connectivity index (χ3v) is 5.28. The van der Waals surface area contributed by atoms with E-state index < -0.39 is 21.8 Å². The minimum absolute atomic E-state index is 0.0986. The van der Waals surface area contributed by atoms with Crippen LogP contribution in [0.15, 0.2) is 34.0 Å². The summed E-state index contributed by atoms with van der Waals surface area (Å²) in [6, 6.07) is 5.54. The molecule has 0 aliphatic carbocycles. The van der Waals surface area contributed by atoms with Crippen molar-refractivity contribution >= 4 is 27.3 Å². The molecule has 0 aliphatic heterocycles. The van der Waals surface area contributed by atoms with E-state index in [9.17, 15) is 17.6 Å². The minimum Gasteiger partial charge on any atom is -0.464 e. The lowest BCUT2D eigenvalue weighted by Crippen LogP contribution is -2.24. The fourth-order valence-electron chi connectivity index (χ4n) is 1.55. The van der Waals surface area contributed by atoms with Crippen LogP contribution in [0.1, 0.15) is 16.1 Å². The number of aromatic nitrogens is 1. The van der Waals surface area contributed by atoms with E-state index in [0.29, 0.717) is 5.56 Å². The quantitative estimate of drug-likeness (QED) is 0.841. The Labute approximate surface area is 124 Å². The van der Waals surface area contributed by atoms with E-state index in [4.69, 9.17) is 0 Å². The van der Waals surface area contributed by atoms with Gasteiger partial charge in [0, 0.05) is 6.54 Å². The molecule has 0 fully saturated rings. The Morgan fingerprint density at radius 3 is 2.90 bits per heavy atom. The van der Waals surface area contributed by atoms with Crippen LogP contribution in [0.4, 0.5) is 4.39 Å². The van der Waals surface area contributed by atoms with Crippen molar-refractivity contribution in [2.24, 2.45) is 0 Å². The Hall–Kier alpha value is -1.84. The minimum atomic E-state index is -3.93. The number of nitrogens with zero attached hydrogens (tertiary/aromatic N) is 1. The van der Waals surface area contributed by atoms with Crippen LogP contribution in [0, 0.1) is 5.82 Å². The molecule has 1 N–H and O–H groups in total. The van der Waals surface area contributed by atoms with E-state index in [2.05, 4.69) is 14.4 Å². The standard InChI is InChI=1S/C12H11FN2O4S2/c1-19-11(16)10-12(20-7-14-10)21(17,18)15-6-8-3-2-4-9(13)5-8/h2-5,7,15H,6H2,1H3. The summed E-state index contributed by atoms with van der Waals surface area (Å²) in [5, 5.41) is 0. The molecule has 6 nitrogen and oxygen atoms in total. The molecule has 1 aromatic heterocycles. The topological polar surface area (TPSA) is 85.4 Å². The molecule has 0 radical (unpaired) electrons. The summed E-state index contributed by atoms with van der Waals surface area (Å²) in [6.07, 6.45) is 0. The van der Waals surface area contributed by atoms with Crippen LogP contribution in [-0.2, 0) is 21.3 Å². The largest absolute Gasteiger partial charge is 0.464 e. The number of hydrogen-bond donors (Lipinski definition) is 1. The van der Waals surface area contributed by atoms with Crippen LogP contribution in [-0.4, -0.2) is 26.5 Å². The maximum atomic E-state index is 13.0. The van der Waals surface area contributed by atoms with Crippen molar-refractivity contribution in [1.82, 2.24) is 9.71 Å². The third kappa shape index (κ3) is 3.63. The van der Waals surface area contributed by atoms with Crippen molar-refractivity contribution in [2.75, 3.05) is 7.11 Å². The molecule has 0 saturated heterocycles. The maximum absolute atomic E-state index is 13.0. The zero-order chi connectivity index (χ0) is 15.5. The number of esters is 1. The Balaban J connectivity index is 2.19. The second-order valence-electron chi connectivity index (χ2n) is 3.93. The van der Waals surface area contributed by atoms with Gasteiger partial charge in [0.25, 0.3) is 10.0 Å². The number of ether oxygens (including phenoxy) is 1. The first kappa shape index (κ1) is 15.5. The predicted molar refractivity (Wildman–Crippen MR) is 73.9 cm³/mol. The van der Waals surface area contributed by atoms with Gasteiger partial charge in [0.2, 0.25) is 0 Å². The molecule has 0 unspecified atom stereocenters. The van der Waals surface area contributed by atoms with E-state index in [0.717, 1.165) is 18.4 Å². The molecular formula is C12H11FN2O4S2. The normalized spacial score (nSPS) is 11.3. The van der Waals surface area contributed by atoms with Crippen molar-refractivity contribution in [1.29, 1.82) is 0 Å². The molecule has 112 valence electrons. The number of methoxy groups -OCH3 is 1. The molecule has 0 bridgehead atoms. The van der Waals surface area contributed by atoms with Crippen LogP contribution in [0.25, 0.3) is 0 Å². The number of carbonyl (C=O) groups is 1. The second kappa shape index (κ2) is 6.29. The van der Waals surface area contributed by atoms with Gasteiger partial charge in [0.1, 0.15) is 5.82 Å². The van der Waals surface area contributed by atoms with Crippen molar-refractivity contribution < 1.29 is 22.3 Å². The van der Waals surface area contributed by atoms with Crippen LogP contribution >= 0.6 is 11.3 Å². The zero-order valence-corrected chi connectivity index (χ0v) is 12.5. The summed E-state index contributed by atoms with van der Waals surface area (Å²) in [7, 11) is -2.79. The van der Waals surface area contributed by atoms with Gasteiger partial charge in [-0.05, 0) is 17.7 Å². The number of carbonyl (C=O) groups excluding carboxylic acids is 1. The lowest BCUT2D eigenvalue weighted by atomic mass is 10.2. The fraction of sp³-hybridized carbons (Fsp3) is 0.167. The number of halogens is 1. The molecule has 21 heavy (non-hydrogen) atoms. The van der Waals surface area contributed by atoms with Gasteiger partial charge in [-0.15, -0.1) is 11.3 Å². The zero-order valence-electron chi connectivity index (χ0n) is 10.9. The summed E-state index contributed by atoms with van der Waals surface area (Å²) in [6.45, 7) is -0.0986. The SMILES string of the molecule is COC(=O)c1ncsc1S(=O)(=O)NCc1cccc(F)c1. The van der Waals surface area contributed by atoms with Gasteiger partial charge in [-0.25, -0.2) is 27.3 Å². The van der Waals surface area contributed by atoms with E-state index >= 15 is 0 Å². The smallest absolute Gasteiger partial charge is 0.358 e. The Morgan fingerprint density at radius 1 is 1.48 bits per heavy atom. The summed E-state index contributed by atoms with van der Waals surface area (Å²) < 4.78 is 43.9. The van der Waals surface area contributed by atoms with Crippen LogP contribution in [0.2, 0.25) is 0 Å². The van der Waals surface area contributed by atoms with E-state index in [-0.39, 0.29) is 16.4 Å². The van der Waals surface area contributed by atoms with Crippen LogP contribution in [0.3, 0.4) is 0 Å². The molecule has 1 heterocycles. The van der Waals surface area contributed by atoms with Gasteiger partial charge in [-0.2, -0.15) is 0 Å². The number of thiazole rings is 1. The Morgan fingerprint density at radius 2 is 2.24 bits per heavy atom. The van der Waals surface area contributed by atoms with Gasteiger partial charge < -0.3 is 4.74 Å².